The van der Waals surface area contributed by atoms with Crippen LogP contribution in [0.15, 0.2) is 77.3 Å². The molecule has 7 heteroatoms. The normalized spacial score (nSPS) is 10.6. The van der Waals surface area contributed by atoms with Crippen LogP contribution in [-0.2, 0) is 0 Å². The maximum absolute atomic E-state index is 13.1. The maximum atomic E-state index is 13.1. The van der Waals surface area contributed by atoms with E-state index in [2.05, 4.69) is 15.5 Å². The zero-order valence-electron chi connectivity index (χ0n) is 15.4. The van der Waals surface area contributed by atoms with Crippen LogP contribution in [0.2, 0.25) is 0 Å². The first-order valence-electron chi connectivity index (χ1n) is 8.78. The minimum Gasteiger partial charge on any atom is -0.497 e. The van der Waals surface area contributed by atoms with Gasteiger partial charge in [-0.15, -0.1) is 0 Å². The molecule has 3 aromatic carbocycles. The molecular formula is C22H16FN3O3. The molecule has 6 nitrogen and oxygen atoms in total. The Balaban J connectivity index is 1.55. The molecule has 0 fully saturated rings. The van der Waals surface area contributed by atoms with Crippen LogP contribution in [0.25, 0.3) is 22.8 Å². The van der Waals surface area contributed by atoms with Gasteiger partial charge in [-0.2, -0.15) is 4.98 Å². The van der Waals surface area contributed by atoms with Gasteiger partial charge in [0.2, 0.25) is 5.82 Å². The molecule has 29 heavy (non-hydrogen) atoms. The van der Waals surface area contributed by atoms with Crippen LogP contribution in [-0.4, -0.2) is 23.2 Å². The molecular weight excluding hydrogens is 373 g/mol. The van der Waals surface area contributed by atoms with Crippen LogP contribution in [0.4, 0.5) is 10.1 Å². The number of rotatable bonds is 5. The summed E-state index contributed by atoms with van der Waals surface area (Å²) in [5.74, 6) is 0.632. The number of nitrogens with one attached hydrogen (secondary N) is 1. The third-order valence-corrected chi connectivity index (χ3v) is 4.23. The Labute approximate surface area is 166 Å². The van der Waals surface area contributed by atoms with Gasteiger partial charge in [-0.25, -0.2) is 4.39 Å². The minimum absolute atomic E-state index is 0.264. The van der Waals surface area contributed by atoms with Crippen molar-refractivity contribution in [1.82, 2.24) is 10.1 Å². The van der Waals surface area contributed by atoms with Crippen molar-refractivity contribution in [2.45, 2.75) is 0 Å². The lowest BCUT2D eigenvalue weighted by Crippen LogP contribution is -2.11. The molecule has 0 bridgehead atoms. The number of benzene rings is 3. The van der Waals surface area contributed by atoms with Crippen molar-refractivity contribution in [2.75, 3.05) is 12.4 Å². The minimum atomic E-state index is -0.341. The fourth-order valence-corrected chi connectivity index (χ4v) is 2.75. The quantitative estimate of drug-likeness (QED) is 0.530. The number of carbonyl (C=O) groups is 1. The number of aromatic nitrogens is 2. The number of ether oxygens (including phenoxy) is 1. The topological polar surface area (TPSA) is 77.2 Å². The van der Waals surface area contributed by atoms with Gasteiger partial charge in [-0.05, 0) is 54.6 Å². The van der Waals surface area contributed by atoms with E-state index in [9.17, 15) is 9.18 Å². The van der Waals surface area contributed by atoms with Crippen LogP contribution in [0.1, 0.15) is 10.4 Å². The fourth-order valence-electron chi connectivity index (χ4n) is 2.75. The third kappa shape index (κ3) is 4.14. The van der Waals surface area contributed by atoms with Crippen molar-refractivity contribution in [2.24, 2.45) is 0 Å². The van der Waals surface area contributed by atoms with E-state index in [4.69, 9.17) is 9.26 Å². The average Bonchev–Trinajstić information content (AvgIpc) is 3.25. The number of anilines is 1. The van der Waals surface area contributed by atoms with Crippen molar-refractivity contribution in [3.05, 3.63) is 84.2 Å². The molecule has 0 aliphatic heterocycles. The van der Waals surface area contributed by atoms with Gasteiger partial charge < -0.3 is 14.6 Å². The highest BCUT2D eigenvalue weighted by Crippen LogP contribution is 2.24. The van der Waals surface area contributed by atoms with Crippen LogP contribution < -0.4 is 10.1 Å². The number of amides is 1. The van der Waals surface area contributed by atoms with Gasteiger partial charge in [0.05, 0.1) is 7.11 Å². The van der Waals surface area contributed by atoms with Crippen molar-refractivity contribution in [1.29, 1.82) is 0 Å². The Hall–Kier alpha value is -4.00. The SMILES string of the molecule is COc1cccc(NC(=O)c2cccc(-c3nc(-c4ccc(F)cc4)no3)c2)c1. The van der Waals surface area contributed by atoms with E-state index in [1.807, 2.05) is 0 Å². The molecule has 1 heterocycles. The first-order valence-corrected chi connectivity index (χ1v) is 8.78. The smallest absolute Gasteiger partial charge is 0.258 e. The first-order chi connectivity index (χ1) is 14.1. The summed E-state index contributed by atoms with van der Waals surface area (Å²) in [7, 11) is 1.56. The highest BCUT2D eigenvalue weighted by Gasteiger charge is 2.13. The predicted octanol–water partition coefficient (Wildman–Crippen LogP) is 4.80. The molecule has 0 saturated carbocycles. The van der Waals surface area contributed by atoms with Crippen molar-refractivity contribution < 1.29 is 18.4 Å². The maximum Gasteiger partial charge on any atom is 0.258 e. The number of carbonyl (C=O) groups excluding carboxylic acids is 1. The van der Waals surface area contributed by atoms with Gasteiger partial charge in [0.15, 0.2) is 0 Å². The Bertz CT molecular complexity index is 1160. The lowest BCUT2D eigenvalue weighted by Gasteiger charge is -2.07. The van der Waals surface area contributed by atoms with E-state index in [0.29, 0.717) is 34.0 Å². The number of halogens is 1. The summed E-state index contributed by atoms with van der Waals surface area (Å²) in [6.45, 7) is 0. The summed E-state index contributed by atoms with van der Waals surface area (Å²) in [6, 6.07) is 19.8. The number of methoxy groups -OCH3 is 1. The molecule has 0 spiro atoms. The monoisotopic (exact) mass is 389 g/mol. The Morgan fingerprint density at radius 2 is 1.79 bits per heavy atom. The summed E-state index contributed by atoms with van der Waals surface area (Å²) < 4.78 is 23.6. The van der Waals surface area contributed by atoms with Crippen molar-refractivity contribution in [3.63, 3.8) is 0 Å². The molecule has 0 aliphatic carbocycles. The third-order valence-electron chi connectivity index (χ3n) is 4.23. The molecule has 1 amide bonds. The van der Waals surface area contributed by atoms with E-state index < -0.39 is 0 Å². The zero-order chi connectivity index (χ0) is 20.2. The predicted molar refractivity (Wildman–Crippen MR) is 106 cm³/mol. The lowest BCUT2D eigenvalue weighted by atomic mass is 10.1. The van der Waals surface area contributed by atoms with Crippen LogP contribution in [0, 0.1) is 5.82 Å². The molecule has 0 unspecified atom stereocenters. The number of nitrogens with zero attached hydrogens (tertiary/aromatic N) is 2. The highest BCUT2D eigenvalue weighted by molar-refractivity contribution is 6.04. The lowest BCUT2D eigenvalue weighted by molar-refractivity contribution is 0.102. The summed E-state index contributed by atoms with van der Waals surface area (Å²) in [6.07, 6.45) is 0. The van der Waals surface area contributed by atoms with E-state index >= 15 is 0 Å². The summed E-state index contributed by atoms with van der Waals surface area (Å²) in [4.78, 5) is 16.9. The Morgan fingerprint density at radius 1 is 1.00 bits per heavy atom. The Kier molecular flexibility index (Phi) is 5.03. The van der Waals surface area contributed by atoms with Crippen molar-refractivity contribution >= 4 is 11.6 Å². The number of hydrogen-bond donors (Lipinski definition) is 1. The van der Waals surface area contributed by atoms with Gasteiger partial charge in [0.25, 0.3) is 11.8 Å². The molecule has 144 valence electrons. The Morgan fingerprint density at radius 3 is 2.59 bits per heavy atom. The second kappa shape index (κ2) is 7.93. The van der Waals surface area contributed by atoms with Gasteiger partial charge in [0.1, 0.15) is 11.6 Å². The van der Waals surface area contributed by atoms with E-state index in [0.717, 1.165) is 0 Å². The molecule has 4 aromatic rings. The molecule has 4 rings (SSSR count). The summed E-state index contributed by atoms with van der Waals surface area (Å²) in [5.41, 5.74) is 2.29. The molecule has 0 aliphatic rings. The summed E-state index contributed by atoms with van der Waals surface area (Å²) in [5, 5.41) is 6.76. The van der Waals surface area contributed by atoms with Gasteiger partial charge in [0, 0.05) is 28.4 Å². The van der Waals surface area contributed by atoms with Crippen molar-refractivity contribution in [3.8, 4) is 28.6 Å². The van der Waals surface area contributed by atoms with Gasteiger partial charge in [-0.1, -0.05) is 17.3 Å². The fraction of sp³-hybridized carbons (Fsp3) is 0.0455. The van der Waals surface area contributed by atoms with Crippen LogP contribution >= 0.6 is 0 Å². The average molecular weight is 389 g/mol. The molecule has 0 atom stereocenters. The van der Waals surface area contributed by atoms with Gasteiger partial charge >= 0.3 is 0 Å². The summed E-state index contributed by atoms with van der Waals surface area (Å²) >= 11 is 0. The molecule has 1 N–H and O–H groups in total. The molecule has 0 saturated heterocycles. The largest absolute Gasteiger partial charge is 0.497 e. The number of hydrogen-bond acceptors (Lipinski definition) is 5. The second-order valence-electron chi connectivity index (χ2n) is 6.20. The zero-order valence-corrected chi connectivity index (χ0v) is 15.4. The molecule has 0 radical (unpaired) electrons. The highest BCUT2D eigenvalue weighted by atomic mass is 19.1. The van der Waals surface area contributed by atoms with E-state index in [1.54, 1.807) is 67.8 Å². The van der Waals surface area contributed by atoms with E-state index in [1.165, 1.54) is 12.1 Å². The van der Waals surface area contributed by atoms with Gasteiger partial charge in [-0.3, -0.25) is 4.79 Å². The second-order valence-corrected chi connectivity index (χ2v) is 6.20. The van der Waals surface area contributed by atoms with E-state index in [-0.39, 0.29) is 17.6 Å². The standard InChI is InChI=1S/C22H16FN3O3/c1-28-19-7-3-6-18(13-19)24-21(27)15-4-2-5-16(12-15)22-25-20(26-29-22)14-8-10-17(23)11-9-14/h2-13H,1H3,(H,24,27). The molecule has 1 aromatic heterocycles. The first kappa shape index (κ1) is 18.4. The van der Waals surface area contributed by atoms with Crippen LogP contribution in [0.5, 0.6) is 5.75 Å². The van der Waals surface area contributed by atoms with Crippen LogP contribution in [0.3, 0.4) is 0 Å².